The lowest BCUT2D eigenvalue weighted by Gasteiger charge is -2.15. The third-order valence-corrected chi connectivity index (χ3v) is 2.49. The van der Waals surface area contributed by atoms with Crippen LogP contribution in [0.4, 0.5) is 14.5 Å². The second kappa shape index (κ2) is 5.77. The Morgan fingerprint density at radius 2 is 1.83 bits per heavy atom. The van der Waals surface area contributed by atoms with E-state index in [4.69, 9.17) is 5.73 Å². The summed E-state index contributed by atoms with van der Waals surface area (Å²) < 4.78 is 31.3. The summed E-state index contributed by atoms with van der Waals surface area (Å²) >= 11 is 0. The first kappa shape index (κ1) is 14.4. The molecule has 0 aromatic heterocycles. The SMILES string of the molecule is COc1c(F)cc(NC(=O)[C@@H](N)C(C)C)cc1F. The molecule has 0 saturated carbocycles. The maximum atomic E-state index is 13.4. The van der Waals surface area contributed by atoms with Crippen LogP contribution in [0.25, 0.3) is 0 Å². The van der Waals surface area contributed by atoms with Crippen LogP contribution in [0.5, 0.6) is 5.75 Å². The summed E-state index contributed by atoms with van der Waals surface area (Å²) in [6, 6.07) is 1.22. The molecule has 18 heavy (non-hydrogen) atoms. The lowest BCUT2D eigenvalue weighted by atomic mass is 10.0. The topological polar surface area (TPSA) is 64.3 Å². The van der Waals surface area contributed by atoms with Gasteiger partial charge in [0.05, 0.1) is 13.2 Å². The van der Waals surface area contributed by atoms with E-state index in [9.17, 15) is 13.6 Å². The van der Waals surface area contributed by atoms with Crippen molar-refractivity contribution in [2.75, 3.05) is 12.4 Å². The van der Waals surface area contributed by atoms with Gasteiger partial charge in [0.2, 0.25) is 5.91 Å². The minimum Gasteiger partial charge on any atom is -0.491 e. The van der Waals surface area contributed by atoms with Gasteiger partial charge in [0.1, 0.15) is 0 Å². The number of methoxy groups -OCH3 is 1. The molecule has 0 saturated heterocycles. The number of benzene rings is 1. The fraction of sp³-hybridized carbons (Fsp3) is 0.417. The lowest BCUT2D eigenvalue weighted by Crippen LogP contribution is -2.39. The third-order valence-electron chi connectivity index (χ3n) is 2.49. The lowest BCUT2D eigenvalue weighted by molar-refractivity contribution is -0.118. The van der Waals surface area contributed by atoms with Crippen molar-refractivity contribution < 1.29 is 18.3 Å². The van der Waals surface area contributed by atoms with E-state index >= 15 is 0 Å². The molecule has 0 radical (unpaired) electrons. The molecule has 1 aromatic rings. The number of anilines is 1. The monoisotopic (exact) mass is 258 g/mol. The first-order valence-corrected chi connectivity index (χ1v) is 5.46. The Labute approximate surface area is 104 Å². The summed E-state index contributed by atoms with van der Waals surface area (Å²) in [5.74, 6) is -2.81. The highest BCUT2D eigenvalue weighted by Crippen LogP contribution is 2.25. The third kappa shape index (κ3) is 3.16. The number of carbonyl (C=O) groups is 1. The molecule has 1 aromatic carbocycles. The van der Waals surface area contributed by atoms with Gasteiger partial charge in [-0.05, 0) is 5.92 Å². The number of amides is 1. The van der Waals surface area contributed by atoms with Gasteiger partial charge in [-0.3, -0.25) is 4.79 Å². The molecule has 1 rings (SSSR count). The van der Waals surface area contributed by atoms with Gasteiger partial charge in [0, 0.05) is 17.8 Å². The number of ether oxygens (including phenoxy) is 1. The Morgan fingerprint density at radius 3 is 2.22 bits per heavy atom. The molecule has 0 aliphatic heterocycles. The number of hydrogen-bond acceptors (Lipinski definition) is 3. The van der Waals surface area contributed by atoms with E-state index in [0.29, 0.717) is 0 Å². The normalized spacial score (nSPS) is 12.4. The molecule has 6 heteroatoms. The molecule has 0 unspecified atom stereocenters. The molecule has 0 bridgehead atoms. The zero-order valence-corrected chi connectivity index (χ0v) is 10.5. The number of nitrogens with two attached hydrogens (primary N) is 1. The molecule has 0 heterocycles. The first-order valence-electron chi connectivity index (χ1n) is 5.46. The van der Waals surface area contributed by atoms with Gasteiger partial charge in [0.15, 0.2) is 17.4 Å². The first-order chi connectivity index (χ1) is 8.36. The van der Waals surface area contributed by atoms with Crippen molar-refractivity contribution in [2.45, 2.75) is 19.9 Å². The Hall–Kier alpha value is -1.69. The van der Waals surface area contributed by atoms with E-state index < -0.39 is 29.3 Å². The number of halogens is 2. The molecule has 0 aliphatic rings. The fourth-order valence-electron chi connectivity index (χ4n) is 1.36. The van der Waals surface area contributed by atoms with Crippen LogP contribution >= 0.6 is 0 Å². The quantitative estimate of drug-likeness (QED) is 0.866. The van der Waals surface area contributed by atoms with Crippen LogP contribution in [0, 0.1) is 17.6 Å². The van der Waals surface area contributed by atoms with Gasteiger partial charge in [0.25, 0.3) is 0 Å². The van der Waals surface area contributed by atoms with Crippen molar-refractivity contribution in [3.63, 3.8) is 0 Å². The highest BCUT2D eigenvalue weighted by atomic mass is 19.1. The van der Waals surface area contributed by atoms with Crippen LogP contribution in [0.3, 0.4) is 0 Å². The van der Waals surface area contributed by atoms with Gasteiger partial charge >= 0.3 is 0 Å². The van der Waals surface area contributed by atoms with E-state index in [1.54, 1.807) is 13.8 Å². The summed E-state index contributed by atoms with van der Waals surface area (Å²) in [6.07, 6.45) is 0. The van der Waals surface area contributed by atoms with Gasteiger partial charge < -0.3 is 15.8 Å². The van der Waals surface area contributed by atoms with Crippen LogP contribution in [0.1, 0.15) is 13.8 Å². The van der Waals surface area contributed by atoms with Crippen LogP contribution in [0.15, 0.2) is 12.1 Å². The highest BCUT2D eigenvalue weighted by molar-refractivity contribution is 5.94. The smallest absolute Gasteiger partial charge is 0.241 e. The number of hydrogen-bond donors (Lipinski definition) is 2. The molecule has 1 atom stereocenters. The van der Waals surface area contributed by atoms with Crippen LogP contribution in [-0.2, 0) is 4.79 Å². The molecule has 3 N–H and O–H groups in total. The summed E-state index contributed by atoms with van der Waals surface area (Å²) in [4.78, 5) is 11.6. The minimum atomic E-state index is -0.883. The maximum absolute atomic E-state index is 13.4. The largest absolute Gasteiger partial charge is 0.491 e. The van der Waals surface area contributed by atoms with Gasteiger partial charge in [-0.15, -0.1) is 0 Å². The average Bonchev–Trinajstić information content (AvgIpc) is 2.27. The van der Waals surface area contributed by atoms with E-state index in [0.717, 1.165) is 19.2 Å². The van der Waals surface area contributed by atoms with Crippen molar-refractivity contribution >= 4 is 11.6 Å². The Morgan fingerprint density at radius 1 is 1.33 bits per heavy atom. The molecule has 0 spiro atoms. The minimum absolute atomic E-state index is 0.00639. The van der Waals surface area contributed by atoms with Crippen LogP contribution < -0.4 is 15.8 Å². The zero-order chi connectivity index (χ0) is 13.9. The second-order valence-electron chi connectivity index (χ2n) is 4.23. The fourth-order valence-corrected chi connectivity index (χ4v) is 1.36. The predicted octanol–water partition coefficient (Wildman–Crippen LogP) is 1.90. The Kier molecular flexibility index (Phi) is 4.61. The van der Waals surface area contributed by atoms with E-state index in [-0.39, 0.29) is 11.6 Å². The number of rotatable bonds is 4. The Balaban J connectivity index is 2.90. The van der Waals surface area contributed by atoms with Crippen molar-refractivity contribution in [1.29, 1.82) is 0 Å². The highest BCUT2D eigenvalue weighted by Gasteiger charge is 2.19. The van der Waals surface area contributed by atoms with Crippen LogP contribution in [-0.4, -0.2) is 19.1 Å². The average molecular weight is 258 g/mol. The van der Waals surface area contributed by atoms with E-state index in [1.807, 2.05) is 0 Å². The van der Waals surface area contributed by atoms with Crippen molar-refractivity contribution in [3.05, 3.63) is 23.8 Å². The summed E-state index contributed by atoms with van der Waals surface area (Å²) in [6.45, 7) is 3.55. The molecular formula is C12H16F2N2O2. The zero-order valence-electron chi connectivity index (χ0n) is 10.5. The Bertz CT molecular complexity index is 427. The molecule has 0 aliphatic carbocycles. The summed E-state index contributed by atoms with van der Waals surface area (Å²) in [5.41, 5.74) is 5.62. The van der Waals surface area contributed by atoms with Crippen molar-refractivity contribution in [2.24, 2.45) is 11.7 Å². The molecule has 0 fully saturated rings. The van der Waals surface area contributed by atoms with Crippen LogP contribution in [0.2, 0.25) is 0 Å². The van der Waals surface area contributed by atoms with E-state index in [1.165, 1.54) is 0 Å². The van der Waals surface area contributed by atoms with E-state index in [2.05, 4.69) is 10.1 Å². The number of nitrogens with one attached hydrogen (secondary N) is 1. The molecular weight excluding hydrogens is 242 g/mol. The predicted molar refractivity (Wildman–Crippen MR) is 64.4 cm³/mol. The summed E-state index contributed by atoms with van der Waals surface area (Å²) in [5, 5.41) is 2.36. The molecule has 100 valence electrons. The second-order valence-corrected chi connectivity index (χ2v) is 4.23. The number of carbonyl (C=O) groups excluding carboxylic acids is 1. The van der Waals surface area contributed by atoms with Gasteiger partial charge in [-0.25, -0.2) is 8.78 Å². The maximum Gasteiger partial charge on any atom is 0.241 e. The summed E-state index contributed by atoms with van der Waals surface area (Å²) in [7, 11) is 1.16. The van der Waals surface area contributed by atoms with Gasteiger partial charge in [-0.1, -0.05) is 13.8 Å². The van der Waals surface area contributed by atoms with Crippen molar-refractivity contribution in [1.82, 2.24) is 0 Å². The van der Waals surface area contributed by atoms with Gasteiger partial charge in [-0.2, -0.15) is 0 Å². The standard InChI is InChI=1S/C12H16F2N2O2/c1-6(2)10(15)12(17)16-7-4-8(13)11(18-3)9(14)5-7/h4-6,10H,15H2,1-3H3,(H,16,17)/t10-/m0/s1. The van der Waals surface area contributed by atoms with Crippen molar-refractivity contribution in [3.8, 4) is 5.75 Å². The molecule has 1 amide bonds. The molecule has 4 nitrogen and oxygen atoms in total.